The number of methoxy groups -OCH3 is 2. The van der Waals surface area contributed by atoms with E-state index in [9.17, 15) is 24.0 Å². The second-order valence-corrected chi connectivity index (χ2v) is 3.81. The van der Waals surface area contributed by atoms with Crippen LogP contribution in [0.3, 0.4) is 0 Å². The van der Waals surface area contributed by atoms with Crippen molar-refractivity contribution >= 4 is 29.5 Å². The molecule has 0 aliphatic heterocycles. The fourth-order valence-corrected chi connectivity index (χ4v) is 1.26. The Morgan fingerprint density at radius 1 is 0.900 bits per heavy atom. The third-order valence-electron chi connectivity index (χ3n) is 2.20. The van der Waals surface area contributed by atoms with Gasteiger partial charge in [0.2, 0.25) is 0 Å². The van der Waals surface area contributed by atoms with E-state index in [0.29, 0.717) is 0 Å². The van der Waals surface area contributed by atoms with Crippen LogP contribution in [0.2, 0.25) is 0 Å². The molecule has 0 aliphatic carbocycles. The van der Waals surface area contributed by atoms with Gasteiger partial charge in [-0.05, 0) is 0 Å². The van der Waals surface area contributed by atoms with Gasteiger partial charge in [-0.3, -0.25) is 24.0 Å². The first-order chi connectivity index (χ1) is 9.29. The molecule has 0 saturated carbocycles. The largest absolute Gasteiger partial charge is 0.469 e. The highest BCUT2D eigenvalue weighted by molar-refractivity contribution is 6.02. The van der Waals surface area contributed by atoms with Crippen molar-refractivity contribution in [3.63, 3.8) is 0 Å². The summed E-state index contributed by atoms with van der Waals surface area (Å²) in [6, 6.07) is 0. The number of ether oxygens (including phenoxy) is 3. The molecule has 0 heterocycles. The topological polar surface area (TPSA) is 113 Å². The number of carbonyl (C=O) groups excluding carboxylic acids is 5. The molecule has 1 atom stereocenters. The number of carbonyl (C=O) groups is 5. The molecule has 0 saturated heterocycles. The minimum Gasteiger partial charge on any atom is -0.469 e. The van der Waals surface area contributed by atoms with Crippen LogP contribution >= 0.6 is 0 Å². The fourth-order valence-electron chi connectivity index (χ4n) is 1.26. The maximum Gasteiger partial charge on any atom is 0.313 e. The van der Waals surface area contributed by atoms with Crippen LogP contribution in [0.5, 0.6) is 0 Å². The predicted molar refractivity (Wildman–Crippen MR) is 63.5 cm³/mol. The summed E-state index contributed by atoms with van der Waals surface area (Å²) in [5.41, 5.74) is 0. The third kappa shape index (κ3) is 7.24. The van der Waals surface area contributed by atoms with Crippen molar-refractivity contribution < 1.29 is 38.2 Å². The van der Waals surface area contributed by atoms with E-state index in [1.165, 1.54) is 0 Å². The van der Waals surface area contributed by atoms with Crippen molar-refractivity contribution in [2.24, 2.45) is 0 Å². The third-order valence-corrected chi connectivity index (χ3v) is 2.20. The Morgan fingerprint density at radius 2 is 1.40 bits per heavy atom. The van der Waals surface area contributed by atoms with Gasteiger partial charge in [-0.15, -0.1) is 0 Å². The number of hydrogen-bond donors (Lipinski definition) is 0. The molecule has 0 aromatic heterocycles. The molecule has 1 unspecified atom stereocenters. The Morgan fingerprint density at radius 3 is 1.85 bits per heavy atom. The van der Waals surface area contributed by atoms with Crippen LogP contribution in [-0.4, -0.2) is 49.8 Å². The Labute approximate surface area is 115 Å². The summed E-state index contributed by atoms with van der Waals surface area (Å²) in [4.78, 5) is 56.0. The van der Waals surface area contributed by atoms with Crippen LogP contribution in [0.25, 0.3) is 0 Å². The molecule has 8 heteroatoms. The van der Waals surface area contributed by atoms with Crippen molar-refractivity contribution in [3.8, 4) is 0 Å². The lowest BCUT2D eigenvalue weighted by Gasteiger charge is -2.14. The number of hydrogen-bond acceptors (Lipinski definition) is 8. The number of rotatable bonds is 8. The van der Waals surface area contributed by atoms with E-state index < -0.39 is 54.8 Å². The van der Waals surface area contributed by atoms with Crippen LogP contribution in [0.1, 0.15) is 26.2 Å². The lowest BCUT2D eigenvalue weighted by Crippen LogP contribution is -2.31. The van der Waals surface area contributed by atoms with Gasteiger partial charge in [0, 0.05) is 6.92 Å². The Kier molecular flexibility index (Phi) is 7.80. The lowest BCUT2D eigenvalue weighted by atomic mass is 10.0. The summed E-state index contributed by atoms with van der Waals surface area (Å²) in [5.74, 6) is -3.77. The SMILES string of the molecule is COC(=O)CC(=O)CC(OC(C)=O)C(=O)CC(=O)OC. The first kappa shape index (κ1) is 17.8. The summed E-state index contributed by atoms with van der Waals surface area (Å²) < 4.78 is 13.3. The first-order valence-corrected chi connectivity index (χ1v) is 5.65. The van der Waals surface area contributed by atoms with Gasteiger partial charge in [-0.2, -0.15) is 0 Å². The number of ketones is 2. The quantitative estimate of drug-likeness (QED) is 0.336. The Balaban J connectivity index is 4.67. The van der Waals surface area contributed by atoms with E-state index in [0.717, 1.165) is 21.1 Å². The molecular weight excluding hydrogens is 272 g/mol. The molecule has 112 valence electrons. The smallest absolute Gasteiger partial charge is 0.313 e. The Hall–Kier alpha value is -2.25. The summed E-state index contributed by atoms with van der Waals surface area (Å²) in [7, 11) is 2.21. The highest BCUT2D eigenvalue weighted by Gasteiger charge is 2.27. The molecule has 0 aliphatic rings. The Bertz CT molecular complexity index is 412. The van der Waals surface area contributed by atoms with Gasteiger partial charge in [0.25, 0.3) is 0 Å². The van der Waals surface area contributed by atoms with Gasteiger partial charge in [-0.25, -0.2) is 0 Å². The van der Waals surface area contributed by atoms with E-state index in [-0.39, 0.29) is 0 Å². The highest BCUT2D eigenvalue weighted by Crippen LogP contribution is 2.08. The van der Waals surface area contributed by atoms with Crippen molar-refractivity contribution in [3.05, 3.63) is 0 Å². The van der Waals surface area contributed by atoms with Crippen molar-refractivity contribution in [2.75, 3.05) is 14.2 Å². The molecule has 0 amide bonds. The molecule has 20 heavy (non-hydrogen) atoms. The summed E-state index contributed by atoms with van der Waals surface area (Å²) >= 11 is 0. The van der Waals surface area contributed by atoms with Crippen molar-refractivity contribution in [1.82, 2.24) is 0 Å². The highest BCUT2D eigenvalue weighted by atomic mass is 16.5. The molecule has 0 fully saturated rings. The molecular formula is C12H16O8. The molecule has 0 radical (unpaired) electrons. The van der Waals surface area contributed by atoms with Gasteiger partial charge in [-0.1, -0.05) is 0 Å². The standard InChI is InChI=1S/C12H16O8/c1-7(13)20-10(9(15)6-12(17)19-3)4-8(14)5-11(16)18-2/h10H,4-6H2,1-3H3. The maximum absolute atomic E-state index is 11.7. The minimum atomic E-state index is -1.41. The van der Waals surface area contributed by atoms with Crippen molar-refractivity contribution in [1.29, 1.82) is 0 Å². The second-order valence-electron chi connectivity index (χ2n) is 3.81. The van der Waals surface area contributed by atoms with Gasteiger partial charge in [0.05, 0.1) is 20.6 Å². The van der Waals surface area contributed by atoms with Gasteiger partial charge in [0.15, 0.2) is 11.9 Å². The predicted octanol–water partition coefficient (Wildman–Crippen LogP) is -0.427. The zero-order valence-electron chi connectivity index (χ0n) is 11.5. The normalized spacial score (nSPS) is 11.2. The molecule has 0 aromatic rings. The molecule has 0 spiro atoms. The monoisotopic (exact) mass is 288 g/mol. The summed E-state index contributed by atoms with van der Waals surface area (Å²) in [6.07, 6.45) is -3.08. The molecule has 0 bridgehead atoms. The molecule has 8 nitrogen and oxygen atoms in total. The van der Waals surface area contributed by atoms with Crippen LogP contribution in [0.4, 0.5) is 0 Å². The van der Waals surface area contributed by atoms with E-state index in [1.54, 1.807) is 0 Å². The lowest BCUT2D eigenvalue weighted by molar-refractivity contribution is -0.158. The molecule has 0 N–H and O–H groups in total. The van der Waals surface area contributed by atoms with E-state index >= 15 is 0 Å². The van der Waals surface area contributed by atoms with Crippen LogP contribution in [0.15, 0.2) is 0 Å². The van der Waals surface area contributed by atoms with E-state index in [2.05, 4.69) is 14.2 Å². The first-order valence-electron chi connectivity index (χ1n) is 5.65. The van der Waals surface area contributed by atoms with Gasteiger partial charge in [0.1, 0.15) is 18.6 Å². The maximum atomic E-state index is 11.7. The zero-order chi connectivity index (χ0) is 15.7. The fraction of sp³-hybridized carbons (Fsp3) is 0.583. The zero-order valence-corrected chi connectivity index (χ0v) is 11.5. The number of Topliss-reactive ketones (excluding diaryl/α,β-unsaturated/α-hetero) is 2. The van der Waals surface area contributed by atoms with Crippen LogP contribution in [0, 0.1) is 0 Å². The van der Waals surface area contributed by atoms with E-state index in [1.807, 2.05) is 0 Å². The van der Waals surface area contributed by atoms with Crippen LogP contribution in [-0.2, 0) is 38.2 Å². The molecule has 0 aromatic carbocycles. The average molecular weight is 288 g/mol. The van der Waals surface area contributed by atoms with Crippen molar-refractivity contribution in [2.45, 2.75) is 32.3 Å². The summed E-state index contributed by atoms with van der Waals surface area (Å²) in [5, 5.41) is 0. The van der Waals surface area contributed by atoms with Gasteiger partial charge < -0.3 is 14.2 Å². The van der Waals surface area contributed by atoms with Crippen LogP contribution < -0.4 is 0 Å². The van der Waals surface area contributed by atoms with Gasteiger partial charge >= 0.3 is 17.9 Å². The average Bonchev–Trinajstić information content (AvgIpc) is 2.36. The second kappa shape index (κ2) is 8.78. The molecule has 0 rings (SSSR count). The van der Waals surface area contributed by atoms with E-state index in [4.69, 9.17) is 0 Å². The number of esters is 3. The summed E-state index contributed by atoms with van der Waals surface area (Å²) in [6.45, 7) is 1.06. The minimum absolute atomic E-state index is 0.496.